The van der Waals surface area contributed by atoms with Crippen LogP contribution in [0.2, 0.25) is 4.34 Å². The first kappa shape index (κ1) is 19.7. The number of nitrogens with one attached hydrogen (secondary N) is 1. The van der Waals surface area contributed by atoms with Gasteiger partial charge in [0.1, 0.15) is 10.0 Å². The van der Waals surface area contributed by atoms with Crippen LogP contribution in [0.1, 0.15) is 11.3 Å². The molecule has 1 fully saturated rings. The molecule has 1 aliphatic heterocycles. The molecule has 27 heavy (non-hydrogen) atoms. The molecule has 0 saturated carbocycles. The molecule has 11 heteroatoms. The maximum absolute atomic E-state index is 12.9. The minimum atomic E-state index is -4.34. The van der Waals surface area contributed by atoms with Crippen LogP contribution < -0.4 is 21.0 Å². The summed E-state index contributed by atoms with van der Waals surface area (Å²) < 4.78 is 39.2. The number of benzene rings is 1. The topological polar surface area (TPSA) is 69.8 Å². The summed E-state index contributed by atoms with van der Waals surface area (Å²) in [6, 6.07) is 5.41. The van der Waals surface area contributed by atoms with E-state index in [9.17, 15) is 13.2 Å². The van der Waals surface area contributed by atoms with Crippen molar-refractivity contribution in [2.45, 2.75) is 6.18 Å². The fourth-order valence-corrected chi connectivity index (χ4v) is 3.83. The van der Waals surface area contributed by atoms with Gasteiger partial charge in [0.15, 0.2) is 5.13 Å². The molecule has 3 N–H and O–H groups in total. The SMILES string of the molecule is NCN/N=C/c1nc(N2CCN(c3cccc(C(F)(F)F)c3)CC2)sc1Cl. The standard InChI is InChI=1S/C16H18ClF3N6S/c17-14-13(9-22-23-10-21)24-15(27-14)26-6-4-25(5-7-26)12-3-1-2-11(8-12)16(18,19)20/h1-3,8-9,23H,4-7,10,21H2/b22-9+. The molecule has 0 spiro atoms. The Hall–Kier alpha value is -2.04. The van der Waals surface area contributed by atoms with Crippen LogP contribution in [0, 0.1) is 0 Å². The van der Waals surface area contributed by atoms with Crippen molar-refractivity contribution >= 4 is 40.0 Å². The van der Waals surface area contributed by atoms with E-state index >= 15 is 0 Å². The Morgan fingerprint density at radius 1 is 1.26 bits per heavy atom. The van der Waals surface area contributed by atoms with E-state index in [1.165, 1.54) is 29.7 Å². The van der Waals surface area contributed by atoms with Crippen LogP contribution in [0.15, 0.2) is 29.4 Å². The molecule has 1 aromatic heterocycles. The minimum absolute atomic E-state index is 0.211. The largest absolute Gasteiger partial charge is 0.416 e. The van der Waals surface area contributed by atoms with Gasteiger partial charge in [-0.05, 0) is 18.2 Å². The van der Waals surface area contributed by atoms with E-state index in [1.54, 1.807) is 6.07 Å². The number of piperazine rings is 1. The third kappa shape index (κ3) is 4.82. The lowest BCUT2D eigenvalue weighted by Gasteiger charge is -2.36. The molecule has 0 atom stereocenters. The highest BCUT2D eigenvalue weighted by Gasteiger charge is 2.31. The Labute approximate surface area is 163 Å². The van der Waals surface area contributed by atoms with Crippen LogP contribution in [0.25, 0.3) is 0 Å². The number of halogens is 4. The van der Waals surface area contributed by atoms with Gasteiger partial charge in [-0.15, -0.1) is 0 Å². The smallest absolute Gasteiger partial charge is 0.368 e. The summed E-state index contributed by atoms with van der Waals surface area (Å²) in [5.41, 5.74) is 8.39. The first-order valence-corrected chi connectivity index (χ1v) is 9.37. The Morgan fingerprint density at radius 3 is 2.63 bits per heavy atom. The average molecular weight is 419 g/mol. The summed E-state index contributed by atoms with van der Waals surface area (Å²) in [5, 5.41) is 4.66. The predicted molar refractivity (Wildman–Crippen MR) is 103 cm³/mol. The van der Waals surface area contributed by atoms with Crippen LogP contribution in [0.4, 0.5) is 24.0 Å². The highest BCUT2D eigenvalue weighted by atomic mass is 35.5. The molecule has 1 aliphatic rings. The summed E-state index contributed by atoms with van der Waals surface area (Å²) in [5.74, 6) is 0. The van der Waals surface area contributed by atoms with Crippen molar-refractivity contribution < 1.29 is 13.2 Å². The molecule has 2 heterocycles. The van der Waals surface area contributed by atoms with Gasteiger partial charge >= 0.3 is 6.18 Å². The summed E-state index contributed by atoms with van der Waals surface area (Å²) >= 11 is 7.53. The third-order valence-corrected chi connectivity index (χ3v) is 5.40. The maximum atomic E-state index is 12.9. The molecule has 146 valence electrons. The van der Waals surface area contributed by atoms with Crippen LogP contribution in [-0.4, -0.2) is 44.0 Å². The van der Waals surface area contributed by atoms with Crippen molar-refractivity contribution in [1.82, 2.24) is 10.4 Å². The minimum Gasteiger partial charge on any atom is -0.368 e. The fraction of sp³-hybridized carbons (Fsp3) is 0.375. The van der Waals surface area contributed by atoms with E-state index in [-0.39, 0.29) is 6.67 Å². The van der Waals surface area contributed by atoms with Crippen molar-refractivity contribution in [3.63, 3.8) is 0 Å². The number of thiazole rings is 1. The lowest BCUT2D eigenvalue weighted by Crippen LogP contribution is -2.46. The number of hydrogen-bond donors (Lipinski definition) is 2. The first-order chi connectivity index (χ1) is 12.9. The average Bonchev–Trinajstić information content (AvgIpc) is 3.02. The number of hydrazone groups is 1. The second kappa shape index (κ2) is 8.32. The molecule has 6 nitrogen and oxygen atoms in total. The van der Waals surface area contributed by atoms with Crippen LogP contribution in [0.5, 0.6) is 0 Å². The Bertz CT molecular complexity index is 802. The van der Waals surface area contributed by atoms with Gasteiger partial charge < -0.3 is 15.5 Å². The molecule has 0 radical (unpaired) electrons. The summed E-state index contributed by atoms with van der Waals surface area (Å²) in [6.07, 6.45) is -2.83. The predicted octanol–water partition coefficient (Wildman–Crippen LogP) is 2.98. The summed E-state index contributed by atoms with van der Waals surface area (Å²) in [6.45, 7) is 2.67. The number of nitrogens with two attached hydrogens (primary N) is 1. The Kier molecular flexibility index (Phi) is 6.08. The molecule has 0 unspecified atom stereocenters. The van der Waals surface area contributed by atoms with E-state index in [4.69, 9.17) is 17.3 Å². The highest BCUT2D eigenvalue weighted by molar-refractivity contribution is 7.19. The lowest BCUT2D eigenvalue weighted by atomic mass is 10.1. The molecule has 0 bridgehead atoms. The van der Waals surface area contributed by atoms with Gasteiger partial charge in [-0.2, -0.15) is 18.3 Å². The summed E-state index contributed by atoms with van der Waals surface area (Å²) in [7, 11) is 0. The van der Waals surface area contributed by atoms with E-state index in [1.807, 2.05) is 4.90 Å². The van der Waals surface area contributed by atoms with Gasteiger partial charge in [-0.1, -0.05) is 29.0 Å². The van der Waals surface area contributed by atoms with Crippen LogP contribution >= 0.6 is 22.9 Å². The van der Waals surface area contributed by atoms with E-state index in [0.717, 1.165) is 11.2 Å². The molecular weight excluding hydrogens is 401 g/mol. The third-order valence-electron chi connectivity index (χ3n) is 4.06. The van der Waals surface area contributed by atoms with Gasteiger partial charge in [0.05, 0.1) is 18.4 Å². The number of nitrogens with zero attached hydrogens (tertiary/aromatic N) is 4. The van der Waals surface area contributed by atoms with Crippen LogP contribution in [0.3, 0.4) is 0 Å². The van der Waals surface area contributed by atoms with Gasteiger partial charge in [-0.25, -0.2) is 4.98 Å². The van der Waals surface area contributed by atoms with Crippen LogP contribution in [-0.2, 0) is 6.18 Å². The maximum Gasteiger partial charge on any atom is 0.416 e. The zero-order chi connectivity index (χ0) is 19.4. The lowest BCUT2D eigenvalue weighted by molar-refractivity contribution is -0.137. The fourth-order valence-electron chi connectivity index (χ4n) is 2.71. The number of hydrogen-bond acceptors (Lipinski definition) is 7. The van der Waals surface area contributed by atoms with E-state index in [2.05, 4.69) is 20.4 Å². The zero-order valence-electron chi connectivity index (χ0n) is 14.2. The second-order valence-corrected chi connectivity index (χ2v) is 7.38. The van der Waals surface area contributed by atoms with Gasteiger partial charge in [0.2, 0.25) is 0 Å². The van der Waals surface area contributed by atoms with Gasteiger partial charge in [0, 0.05) is 31.9 Å². The molecular formula is C16H18ClF3N6S. The van der Waals surface area contributed by atoms with Gasteiger partial charge in [-0.3, -0.25) is 5.43 Å². The van der Waals surface area contributed by atoms with E-state index < -0.39 is 11.7 Å². The van der Waals surface area contributed by atoms with Crippen molar-refractivity contribution in [1.29, 1.82) is 0 Å². The van der Waals surface area contributed by atoms with Crippen molar-refractivity contribution in [2.24, 2.45) is 10.8 Å². The van der Waals surface area contributed by atoms with Crippen molar-refractivity contribution in [3.8, 4) is 0 Å². The monoisotopic (exact) mass is 418 g/mol. The zero-order valence-corrected chi connectivity index (χ0v) is 15.8. The second-order valence-electron chi connectivity index (χ2n) is 5.80. The number of rotatable bonds is 5. The van der Waals surface area contributed by atoms with E-state index in [0.29, 0.717) is 41.9 Å². The quantitative estimate of drug-likeness (QED) is 0.444. The molecule has 1 aromatic carbocycles. The molecule has 3 rings (SSSR count). The number of aromatic nitrogens is 1. The number of anilines is 2. The molecule has 1 saturated heterocycles. The molecule has 0 amide bonds. The molecule has 0 aliphatic carbocycles. The Balaban J connectivity index is 1.65. The van der Waals surface area contributed by atoms with Crippen molar-refractivity contribution in [3.05, 3.63) is 39.9 Å². The van der Waals surface area contributed by atoms with Gasteiger partial charge in [0.25, 0.3) is 0 Å². The Morgan fingerprint density at radius 2 is 1.96 bits per heavy atom. The first-order valence-electron chi connectivity index (χ1n) is 8.18. The number of alkyl halides is 3. The normalized spacial score (nSPS) is 15.6. The highest BCUT2D eigenvalue weighted by Crippen LogP contribution is 2.33. The molecule has 2 aromatic rings. The van der Waals surface area contributed by atoms with Crippen molar-refractivity contribution in [2.75, 3.05) is 42.6 Å². The summed E-state index contributed by atoms with van der Waals surface area (Å²) in [4.78, 5) is 8.47.